The van der Waals surface area contributed by atoms with Gasteiger partial charge in [0, 0.05) is 33.2 Å². The van der Waals surface area contributed by atoms with Gasteiger partial charge >= 0.3 is 0 Å². The lowest BCUT2D eigenvalue weighted by atomic mass is 10.1. The highest BCUT2D eigenvalue weighted by atomic mass is 16.5. The largest absolute Gasteiger partial charge is 0.385 e. The van der Waals surface area contributed by atoms with Crippen molar-refractivity contribution in [2.75, 3.05) is 26.8 Å². The van der Waals surface area contributed by atoms with Crippen molar-refractivity contribution in [2.24, 2.45) is 0 Å². The molecule has 0 radical (unpaired) electrons. The fourth-order valence-corrected chi connectivity index (χ4v) is 2.19. The summed E-state index contributed by atoms with van der Waals surface area (Å²) in [7, 11) is 1.60. The SMILES string of the molecule is COCCCNC(=O)CCN1C(=O)c2ccccc2C1=O. The number of fused-ring (bicyclic) bond motifs is 1. The van der Waals surface area contributed by atoms with Crippen molar-refractivity contribution in [1.82, 2.24) is 10.2 Å². The Balaban J connectivity index is 1.84. The van der Waals surface area contributed by atoms with Gasteiger partial charge in [-0.2, -0.15) is 0 Å². The monoisotopic (exact) mass is 290 g/mol. The lowest BCUT2D eigenvalue weighted by molar-refractivity contribution is -0.121. The van der Waals surface area contributed by atoms with Crippen molar-refractivity contribution in [3.05, 3.63) is 35.4 Å². The van der Waals surface area contributed by atoms with Crippen LogP contribution in [-0.2, 0) is 9.53 Å². The number of methoxy groups -OCH3 is 1. The number of hydrogen-bond acceptors (Lipinski definition) is 4. The normalized spacial score (nSPS) is 13.5. The van der Waals surface area contributed by atoms with E-state index in [-0.39, 0.29) is 30.7 Å². The van der Waals surface area contributed by atoms with Crippen molar-refractivity contribution in [2.45, 2.75) is 12.8 Å². The van der Waals surface area contributed by atoms with Gasteiger partial charge in [-0.05, 0) is 18.6 Å². The molecule has 6 heteroatoms. The van der Waals surface area contributed by atoms with Gasteiger partial charge in [-0.15, -0.1) is 0 Å². The summed E-state index contributed by atoms with van der Waals surface area (Å²) < 4.78 is 4.88. The van der Waals surface area contributed by atoms with Crippen molar-refractivity contribution in [3.8, 4) is 0 Å². The number of nitrogens with one attached hydrogen (secondary N) is 1. The third kappa shape index (κ3) is 3.46. The molecular weight excluding hydrogens is 272 g/mol. The van der Waals surface area contributed by atoms with Crippen LogP contribution in [0, 0.1) is 0 Å². The molecule has 1 aromatic carbocycles. The minimum atomic E-state index is -0.331. The molecule has 0 unspecified atom stereocenters. The maximum absolute atomic E-state index is 12.1. The van der Waals surface area contributed by atoms with E-state index < -0.39 is 0 Å². The zero-order valence-electron chi connectivity index (χ0n) is 11.9. The minimum absolute atomic E-state index is 0.0997. The molecule has 0 saturated heterocycles. The second-order valence-corrected chi connectivity index (χ2v) is 4.75. The van der Waals surface area contributed by atoms with E-state index in [2.05, 4.69) is 5.32 Å². The Hall–Kier alpha value is -2.21. The van der Waals surface area contributed by atoms with Crippen LogP contribution >= 0.6 is 0 Å². The molecule has 1 heterocycles. The Kier molecular flexibility index (Phi) is 5.05. The van der Waals surface area contributed by atoms with E-state index in [1.54, 1.807) is 31.4 Å². The number of nitrogens with zero attached hydrogens (tertiary/aromatic N) is 1. The van der Waals surface area contributed by atoms with Crippen LogP contribution in [0.1, 0.15) is 33.6 Å². The maximum Gasteiger partial charge on any atom is 0.261 e. The molecule has 21 heavy (non-hydrogen) atoms. The molecule has 0 aliphatic carbocycles. The first-order valence-electron chi connectivity index (χ1n) is 6.86. The third-order valence-electron chi connectivity index (χ3n) is 3.29. The fraction of sp³-hybridized carbons (Fsp3) is 0.400. The van der Waals surface area contributed by atoms with Gasteiger partial charge in [-0.1, -0.05) is 12.1 Å². The second-order valence-electron chi connectivity index (χ2n) is 4.75. The van der Waals surface area contributed by atoms with Crippen molar-refractivity contribution in [3.63, 3.8) is 0 Å². The van der Waals surface area contributed by atoms with Crippen LogP contribution in [0.5, 0.6) is 0 Å². The summed E-state index contributed by atoms with van der Waals surface area (Å²) in [5.74, 6) is -0.840. The van der Waals surface area contributed by atoms with Gasteiger partial charge < -0.3 is 10.1 Å². The standard InChI is InChI=1S/C15H18N2O4/c1-21-10-4-8-16-13(18)7-9-17-14(19)11-5-2-3-6-12(11)15(17)20/h2-3,5-6H,4,7-10H2,1H3,(H,16,18). The number of imide groups is 1. The van der Waals surface area contributed by atoms with E-state index in [1.807, 2.05) is 0 Å². The first kappa shape index (κ1) is 15.2. The lowest BCUT2D eigenvalue weighted by Crippen LogP contribution is -2.35. The average Bonchev–Trinajstić information content (AvgIpc) is 2.74. The Labute approximate surface area is 123 Å². The predicted octanol–water partition coefficient (Wildman–Crippen LogP) is 0.825. The highest BCUT2D eigenvalue weighted by molar-refractivity contribution is 6.21. The summed E-state index contributed by atoms with van der Waals surface area (Å²) in [5.41, 5.74) is 0.811. The zero-order valence-corrected chi connectivity index (χ0v) is 11.9. The number of rotatable bonds is 7. The maximum atomic E-state index is 12.1. The van der Waals surface area contributed by atoms with Crippen molar-refractivity contribution < 1.29 is 19.1 Å². The van der Waals surface area contributed by atoms with Gasteiger partial charge in [-0.25, -0.2) is 0 Å². The second kappa shape index (κ2) is 6.99. The van der Waals surface area contributed by atoms with Gasteiger partial charge in [0.1, 0.15) is 0 Å². The van der Waals surface area contributed by atoms with Crippen LogP contribution < -0.4 is 5.32 Å². The molecule has 6 nitrogen and oxygen atoms in total. The Bertz CT molecular complexity index is 521. The average molecular weight is 290 g/mol. The number of ether oxygens (including phenoxy) is 1. The van der Waals surface area contributed by atoms with E-state index in [4.69, 9.17) is 4.74 Å². The first-order valence-corrected chi connectivity index (χ1v) is 6.86. The lowest BCUT2D eigenvalue weighted by Gasteiger charge is -2.13. The highest BCUT2D eigenvalue weighted by Gasteiger charge is 2.34. The van der Waals surface area contributed by atoms with E-state index in [9.17, 15) is 14.4 Å². The number of benzene rings is 1. The van der Waals surface area contributed by atoms with Gasteiger partial charge in [0.25, 0.3) is 11.8 Å². The molecular formula is C15H18N2O4. The van der Waals surface area contributed by atoms with E-state index >= 15 is 0 Å². The Morgan fingerprint density at radius 3 is 2.38 bits per heavy atom. The molecule has 3 amide bonds. The smallest absolute Gasteiger partial charge is 0.261 e. The van der Waals surface area contributed by atoms with E-state index in [1.165, 1.54) is 0 Å². The summed E-state index contributed by atoms with van der Waals surface area (Å²) >= 11 is 0. The molecule has 1 N–H and O–H groups in total. The molecule has 1 aliphatic heterocycles. The van der Waals surface area contributed by atoms with Gasteiger partial charge in [0.2, 0.25) is 5.91 Å². The van der Waals surface area contributed by atoms with Crippen LogP contribution in [0.2, 0.25) is 0 Å². The molecule has 0 fully saturated rings. The van der Waals surface area contributed by atoms with Crippen molar-refractivity contribution >= 4 is 17.7 Å². The molecule has 1 aliphatic rings. The molecule has 112 valence electrons. The molecule has 0 spiro atoms. The first-order chi connectivity index (χ1) is 10.1. The summed E-state index contributed by atoms with van der Waals surface area (Å²) in [5, 5.41) is 2.72. The topological polar surface area (TPSA) is 75.7 Å². The Morgan fingerprint density at radius 1 is 1.19 bits per heavy atom. The third-order valence-corrected chi connectivity index (χ3v) is 3.29. The Morgan fingerprint density at radius 2 is 1.81 bits per heavy atom. The predicted molar refractivity (Wildman–Crippen MR) is 75.9 cm³/mol. The summed E-state index contributed by atoms with van der Waals surface area (Å²) in [6.07, 6.45) is 0.841. The highest BCUT2D eigenvalue weighted by Crippen LogP contribution is 2.22. The van der Waals surface area contributed by atoms with E-state index in [0.717, 1.165) is 11.3 Å². The number of carbonyl (C=O) groups excluding carboxylic acids is 3. The zero-order chi connectivity index (χ0) is 15.2. The fourth-order valence-electron chi connectivity index (χ4n) is 2.19. The summed E-state index contributed by atoms with van der Waals surface area (Å²) in [6, 6.07) is 6.69. The number of carbonyl (C=O) groups is 3. The van der Waals surface area contributed by atoms with Crippen molar-refractivity contribution in [1.29, 1.82) is 0 Å². The van der Waals surface area contributed by atoms with Gasteiger partial charge in [0.15, 0.2) is 0 Å². The molecule has 2 rings (SSSR count). The molecule has 0 aromatic heterocycles. The van der Waals surface area contributed by atoms with Crippen LogP contribution in [0.25, 0.3) is 0 Å². The van der Waals surface area contributed by atoms with Crippen LogP contribution in [0.15, 0.2) is 24.3 Å². The number of amides is 3. The quantitative estimate of drug-likeness (QED) is 0.596. The van der Waals surface area contributed by atoms with E-state index in [0.29, 0.717) is 24.3 Å². The van der Waals surface area contributed by atoms with Crippen LogP contribution in [-0.4, -0.2) is 49.4 Å². The van der Waals surface area contributed by atoms with Gasteiger partial charge in [0.05, 0.1) is 11.1 Å². The summed E-state index contributed by atoms with van der Waals surface area (Å²) in [6.45, 7) is 1.20. The minimum Gasteiger partial charge on any atom is -0.385 e. The molecule has 0 bridgehead atoms. The molecule has 1 aromatic rings. The molecule has 0 atom stereocenters. The number of hydrogen-bond donors (Lipinski definition) is 1. The van der Waals surface area contributed by atoms with Crippen LogP contribution in [0.4, 0.5) is 0 Å². The van der Waals surface area contributed by atoms with Gasteiger partial charge in [-0.3, -0.25) is 19.3 Å². The molecule has 0 saturated carbocycles. The summed E-state index contributed by atoms with van der Waals surface area (Å²) in [4.78, 5) is 36.9. The van der Waals surface area contributed by atoms with Crippen LogP contribution in [0.3, 0.4) is 0 Å².